The molecule has 14 heavy (non-hydrogen) atoms. The standard InChI is InChI=1S/C12H28N2/c1-5-9-12(11-13-7-3)14(8-4)10-6-2/h12-13H,5-11H2,1-4H3. The summed E-state index contributed by atoms with van der Waals surface area (Å²) in [6.07, 6.45) is 3.87. The zero-order chi connectivity index (χ0) is 10.8. The predicted molar refractivity (Wildman–Crippen MR) is 64.8 cm³/mol. The van der Waals surface area contributed by atoms with Crippen molar-refractivity contribution in [1.29, 1.82) is 0 Å². The lowest BCUT2D eigenvalue weighted by Gasteiger charge is -2.30. The van der Waals surface area contributed by atoms with Crippen LogP contribution in [0.2, 0.25) is 0 Å². The number of hydrogen-bond acceptors (Lipinski definition) is 2. The Hall–Kier alpha value is -0.0800. The highest BCUT2D eigenvalue weighted by Gasteiger charge is 2.14. The maximum Gasteiger partial charge on any atom is 0.0220 e. The molecule has 0 aliphatic heterocycles. The van der Waals surface area contributed by atoms with Crippen molar-refractivity contribution in [1.82, 2.24) is 10.2 Å². The van der Waals surface area contributed by atoms with Gasteiger partial charge in [0.15, 0.2) is 0 Å². The first-order chi connectivity index (χ1) is 6.79. The average molecular weight is 200 g/mol. The first-order valence-corrected chi connectivity index (χ1v) is 6.24. The Balaban J connectivity index is 3.97. The van der Waals surface area contributed by atoms with Crippen molar-refractivity contribution < 1.29 is 0 Å². The van der Waals surface area contributed by atoms with Gasteiger partial charge in [0.05, 0.1) is 0 Å². The van der Waals surface area contributed by atoms with Gasteiger partial charge in [0.2, 0.25) is 0 Å². The highest BCUT2D eigenvalue weighted by Crippen LogP contribution is 2.06. The molecule has 0 fully saturated rings. The van der Waals surface area contributed by atoms with Crippen LogP contribution in [0.1, 0.15) is 47.0 Å². The van der Waals surface area contributed by atoms with Crippen LogP contribution in [0.15, 0.2) is 0 Å². The predicted octanol–water partition coefficient (Wildman–Crippen LogP) is 2.50. The van der Waals surface area contributed by atoms with Gasteiger partial charge in [-0.15, -0.1) is 0 Å². The highest BCUT2D eigenvalue weighted by atomic mass is 15.2. The van der Waals surface area contributed by atoms with E-state index in [-0.39, 0.29) is 0 Å². The molecule has 0 heterocycles. The van der Waals surface area contributed by atoms with E-state index >= 15 is 0 Å². The fourth-order valence-corrected chi connectivity index (χ4v) is 1.94. The molecule has 0 aromatic heterocycles. The lowest BCUT2D eigenvalue weighted by molar-refractivity contribution is 0.191. The molecule has 0 saturated carbocycles. The van der Waals surface area contributed by atoms with Crippen LogP contribution >= 0.6 is 0 Å². The zero-order valence-corrected chi connectivity index (χ0v) is 10.5. The van der Waals surface area contributed by atoms with Gasteiger partial charge in [-0.05, 0) is 32.5 Å². The molecule has 2 heteroatoms. The summed E-state index contributed by atoms with van der Waals surface area (Å²) in [6, 6.07) is 0.741. The van der Waals surface area contributed by atoms with Crippen LogP contribution in [0.5, 0.6) is 0 Å². The Bertz CT molecular complexity index is 115. The molecule has 0 aromatic rings. The van der Waals surface area contributed by atoms with E-state index in [1.807, 2.05) is 0 Å². The van der Waals surface area contributed by atoms with Crippen LogP contribution in [0, 0.1) is 0 Å². The molecule has 0 aliphatic rings. The second-order valence-electron chi connectivity index (χ2n) is 3.88. The van der Waals surface area contributed by atoms with Crippen molar-refractivity contribution in [2.45, 2.75) is 53.0 Å². The van der Waals surface area contributed by atoms with Gasteiger partial charge in [-0.3, -0.25) is 4.90 Å². The van der Waals surface area contributed by atoms with Crippen molar-refractivity contribution >= 4 is 0 Å². The summed E-state index contributed by atoms with van der Waals surface area (Å²) in [7, 11) is 0. The topological polar surface area (TPSA) is 15.3 Å². The minimum Gasteiger partial charge on any atom is -0.315 e. The van der Waals surface area contributed by atoms with Crippen molar-refractivity contribution in [3.63, 3.8) is 0 Å². The lowest BCUT2D eigenvalue weighted by Crippen LogP contribution is -2.42. The SMILES string of the molecule is CCCC(CNCC)N(CC)CCC. The van der Waals surface area contributed by atoms with E-state index in [1.165, 1.54) is 32.4 Å². The Morgan fingerprint density at radius 1 is 1.07 bits per heavy atom. The number of rotatable bonds is 9. The van der Waals surface area contributed by atoms with E-state index in [1.54, 1.807) is 0 Å². The first kappa shape index (κ1) is 13.9. The number of hydrogen-bond donors (Lipinski definition) is 1. The van der Waals surface area contributed by atoms with Crippen molar-refractivity contribution in [2.24, 2.45) is 0 Å². The fourth-order valence-electron chi connectivity index (χ4n) is 1.94. The quantitative estimate of drug-likeness (QED) is 0.615. The maximum atomic E-state index is 3.46. The molecule has 0 bridgehead atoms. The zero-order valence-electron chi connectivity index (χ0n) is 10.5. The normalized spacial score (nSPS) is 13.5. The van der Waals surface area contributed by atoms with E-state index in [0.717, 1.165) is 19.1 Å². The second-order valence-corrected chi connectivity index (χ2v) is 3.88. The van der Waals surface area contributed by atoms with Gasteiger partial charge in [0.1, 0.15) is 0 Å². The molecule has 0 aliphatic carbocycles. The van der Waals surface area contributed by atoms with Crippen molar-refractivity contribution in [3.05, 3.63) is 0 Å². The number of nitrogens with one attached hydrogen (secondary N) is 1. The molecule has 2 nitrogen and oxygen atoms in total. The summed E-state index contributed by atoms with van der Waals surface area (Å²) in [5.74, 6) is 0. The molecule has 86 valence electrons. The van der Waals surface area contributed by atoms with E-state index < -0.39 is 0 Å². The van der Waals surface area contributed by atoms with Crippen LogP contribution in [0.25, 0.3) is 0 Å². The molecular formula is C12H28N2. The highest BCUT2D eigenvalue weighted by molar-refractivity contribution is 4.72. The summed E-state index contributed by atoms with van der Waals surface area (Å²) in [5.41, 5.74) is 0. The van der Waals surface area contributed by atoms with Gasteiger partial charge in [-0.25, -0.2) is 0 Å². The molecule has 0 radical (unpaired) electrons. The molecule has 0 spiro atoms. The third-order valence-corrected chi connectivity index (χ3v) is 2.69. The fraction of sp³-hybridized carbons (Fsp3) is 1.00. The minimum atomic E-state index is 0.741. The van der Waals surface area contributed by atoms with Crippen LogP contribution < -0.4 is 5.32 Å². The molecule has 0 rings (SSSR count). The van der Waals surface area contributed by atoms with E-state index in [9.17, 15) is 0 Å². The summed E-state index contributed by atoms with van der Waals surface area (Å²) in [4.78, 5) is 2.60. The monoisotopic (exact) mass is 200 g/mol. The molecule has 0 amide bonds. The smallest absolute Gasteiger partial charge is 0.0220 e. The second kappa shape index (κ2) is 9.47. The van der Waals surface area contributed by atoms with Gasteiger partial charge >= 0.3 is 0 Å². The molecule has 0 aromatic carbocycles. The third kappa shape index (κ3) is 5.61. The largest absolute Gasteiger partial charge is 0.315 e. The van der Waals surface area contributed by atoms with Crippen LogP contribution in [0.3, 0.4) is 0 Å². The van der Waals surface area contributed by atoms with Gasteiger partial charge < -0.3 is 5.32 Å². The Morgan fingerprint density at radius 2 is 1.79 bits per heavy atom. The maximum absolute atomic E-state index is 3.46. The van der Waals surface area contributed by atoms with Crippen LogP contribution in [0.4, 0.5) is 0 Å². The lowest BCUT2D eigenvalue weighted by atomic mass is 10.1. The molecule has 1 N–H and O–H groups in total. The number of likely N-dealkylation sites (N-methyl/N-ethyl adjacent to an activating group) is 2. The van der Waals surface area contributed by atoms with Gasteiger partial charge in [-0.1, -0.05) is 34.1 Å². The van der Waals surface area contributed by atoms with Gasteiger partial charge in [-0.2, -0.15) is 0 Å². The Morgan fingerprint density at radius 3 is 2.21 bits per heavy atom. The molecule has 0 saturated heterocycles. The van der Waals surface area contributed by atoms with E-state index in [2.05, 4.69) is 37.9 Å². The van der Waals surface area contributed by atoms with Crippen LogP contribution in [-0.4, -0.2) is 37.1 Å². The van der Waals surface area contributed by atoms with Crippen molar-refractivity contribution in [2.75, 3.05) is 26.2 Å². The van der Waals surface area contributed by atoms with Crippen LogP contribution in [-0.2, 0) is 0 Å². The first-order valence-electron chi connectivity index (χ1n) is 6.24. The minimum absolute atomic E-state index is 0.741. The number of nitrogens with zero attached hydrogens (tertiary/aromatic N) is 1. The Labute approximate surface area is 90.1 Å². The third-order valence-electron chi connectivity index (χ3n) is 2.69. The van der Waals surface area contributed by atoms with E-state index in [4.69, 9.17) is 0 Å². The summed E-state index contributed by atoms with van der Waals surface area (Å²) in [6.45, 7) is 13.7. The van der Waals surface area contributed by atoms with Gasteiger partial charge in [0.25, 0.3) is 0 Å². The molecule has 1 atom stereocenters. The molecule has 1 unspecified atom stereocenters. The summed E-state index contributed by atoms with van der Waals surface area (Å²) in [5, 5.41) is 3.46. The average Bonchev–Trinajstić information content (AvgIpc) is 2.21. The summed E-state index contributed by atoms with van der Waals surface area (Å²) >= 11 is 0. The van der Waals surface area contributed by atoms with Crippen molar-refractivity contribution in [3.8, 4) is 0 Å². The molecular weight excluding hydrogens is 172 g/mol. The summed E-state index contributed by atoms with van der Waals surface area (Å²) < 4.78 is 0. The van der Waals surface area contributed by atoms with E-state index in [0.29, 0.717) is 0 Å². The Kier molecular flexibility index (Phi) is 9.42. The van der Waals surface area contributed by atoms with Gasteiger partial charge in [0, 0.05) is 12.6 Å².